The van der Waals surface area contributed by atoms with Crippen LogP contribution in [0.1, 0.15) is 10.9 Å². The quantitative estimate of drug-likeness (QED) is 0.859. The molecule has 2 N–H and O–H groups in total. The summed E-state index contributed by atoms with van der Waals surface area (Å²) in [7, 11) is 0. The Morgan fingerprint density at radius 3 is 2.53 bits per heavy atom. The van der Waals surface area contributed by atoms with Crippen LogP contribution in [-0.4, -0.2) is 11.5 Å². The number of thioether (sulfide) groups is 1. The first-order valence-corrected chi connectivity index (χ1v) is 6.58. The molecule has 17 heavy (non-hydrogen) atoms. The van der Waals surface area contributed by atoms with Crippen molar-refractivity contribution >= 4 is 23.4 Å². The second kappa shape index (κ2) is 6.05. The van der Waals surface area contributed by atoms with Gasteiger partial charge in [0.2, 0.25) is 0 Å². The minimum Gasteiger partial charge on any atom is -0.329 e. The van der Waals surface area contributed by atoms with E-state index in [1.165, 1.54) is 0 Å². The SMILES string of the molecule is NCC(Sc1ccc(Cl)cc1)c1ccccn1. The summed E-state index contributed by atoms with van der Waals surface area (Å²) in [5.41, 5.74) is 6.80. The van der Waals surface area contributed by atoms with E-state index in [0.717, 1.165) is 15.6 Å². The van der Waals surface area contributed by atoms with E-state index < -0.39 is 0 Å². The first-order chi connectivity index (χ1) is 8.29. The van der Waals surface area contributed by atoms with Crippen molar-refractivity contribution in [2.24, 2.45) is 5.73 Å². The van der Waals surface area contributed by atoms with Gasteiger partial charge in [0.1, 0.15) is 0 Å². The van der Waals surface area contributed by atoms with Crippen LogP contribution in [0.3, 0.4) is 0 Å². The number of rotatable bonds is 4. The number of nitrogens with zero attached hydrogens (tertiary/aromatic N) is 1. The lowest BCUT2D eigenvalue weighted by atomic mass is 10.3. The number of hydrogen-bond donors (Lipinski definition) is 1. The molecule has 1 heterocycles. The van der Waals surface area contributed by atoms with Crippen molar-refractivity contribution in [1.29, 1.82) is 0 Å². The highest BCUT2D eigenvalue weighted by molar-refractivity contribution is 7.99. The fourth-order valence-corrected chi connectivity index (χ4v) is 2.58. The molecule has 88 valence electrons. The Hall–Kier alpha value is -1.03. The summed E-state index contributed by atoms with van der Waals surface area (Å²) in [5.74, 6) is 0. The molecule has 1 unspecified atom stereocenters. The monoisotopic (exact) mass is 264 g/mol. The molecule has 0 aliphatic heterocycles. The van der Waals surface area contributed by atoms with Crippen molar-refractivity contribution in [1.82, 2.24) is 4.98 Å². The standard InChI is InChI=1S/C13H13ClN2S/c14-10-4-6-11(7-5-10)17-13(9-15)12-3-1-2-8-16-12/h1-8,13H,9,15H2. The van der Waals surface area contributed by atoms with Gasteiger partial charge in [0.05, 0.1) is 10.9 Å². The van der Waals surface area contributed by atoms with Crippen LogP contribution in [0.15, 0.2) is 53.6 Å². The minimum atomic E-state index is 0.178. The van der Waals surface area contributed by atoms with E-state index in [1.54, 1.807) is 18.0 Å². The van der Waals surface area contributed by atoms with Gasteiger partial charge in [-0.2, -0.15) is 0 Å². The molecule has 1 atom stereocenters. The molecule has 2 aromatic rings. The first-order valence-electron chi connectivity index (χ1n) is 5.33. The normalized spacial score (nSPS) is 12.4. The molecule has 2 rings (SSSR count). The highest BCUT2D eigenvalue weighted by Gasteiger charge is 2.12. The molecular weight excluding hydrogens is 252 g/mol. The lowest BCUT2D eigenvalue weighted by Gasteiger charge is -2.13. The van der Waals surface area contributed by atoms with Gasteiger partial charge in [-0.25, -0.2) is 0 Å². The molecule has 0 radical (unpaired) electrons. The number of hydrogen-bond acceptors (Lipinski definition) is 3. The predicted octanol–water partition coefficient (Wildman–Crippen LogP) is 3.53. The molecule has 1 aromatic carbocycles. The summed E-state index contributed by atoms with van der Waals surface area (Å²) < 4.78 is 0. The minimum absolute atomic E-state index is 0.178. The van der Waals surface area contributed by atoms with Crippen molar-refractivity contribution in [2.45, 2.75) is 10.1 Å². The third-order valence-corrected chi connectivity index (χ3v) is 3.84. The van der Waals surface area contributed by atoms with Gasteiger partial charge in [-0.3, -0.25) is 4.98 Å². The van der Waals surface area contributed by atoms with E-state index in [9.17, 15) is 0 Å². The van der Waals surface area contributed by atoms with Gasteiger partial charge in [-0.05, 0) is 36.4 Å². The Labute approximate surface area is 110 Å². The highest BCUT2D eigenvalue weighted by Crippen LogP contribution is 2.33. The smallest absolute Gasteiger partial charge is 0.0639 e. The molecule has 2 nitrogen and oxygen atoms in total. The molecule has 0 saturated carbocycles. The summed E-state index contributed by atoms with van der Waals surface area (Å²) in [4.78, 5) is 5.49. The van der Waals surface area contributed by atoms with Crippen molar-refractivity contribution in [2.75, 3.05) is 6.54 Å². The van der Waals surface area contributed by atoms with Crippen molar-refractivity contribution in [3.63, 3.8) is 0 Å². The number of pyridine rings is 1. The second-order valence-electron chi connectivity index (χ2n) is 3.55. The zero-order valence-corrected chi connectivity index (χ0v) is 10.8. The number of aromatic nitrogens is 1. The van der Waals surface area contributed by atoms with Crippen LogP contribution in [0.5, 0.6) is 0 Å². The summed E-state index contributed by atoms with van der Waals surface area (Å²) >= 11 is 7.56. The van der Waals surface area contributed by atoms with E-state index in [0.29, 0.717) is 6.54 Å². The molecule has 0 spiro atoms. The van der Waals surface area contributed by atoms with Crippen LogP contribution in [0, 0.1) is 0 Å². The Bertz CT molecular complexity index is 459. The van der Waals surface area contributed by atoms with Gasteiger partial charge in [0.25, 0.3) is 0 Å². The fraction of sp³-hybridized carbons (Fsp3) is 0.154. The van der Waals surface area contributed by atoms with Crippen molar-refractivity contribution < 1.29 is 0 Å². The molecule has 4 heteroatoms. The Balaban J connectivity index is 2.13. The highest BCUT2D eigenvalue weighted by atomic mass is 35.5. The lowest BCUT2D eigenvalue weighted by molar-refractivity contribution is 0.898. The molecule has 0 aliphatic rings. The van der Waals surface area contributed by atoms with Gasteiger partial charge < -0.3 is 5.73 Å². The maximum Gasteiger partial charge on any atom is 0.0639 e. The first kappa shape index (κ1) is 12.4. The summed E-state index contributed by atoms with van der Waals surface area (Å²) in [6, 6.07) is 13.7. The average Bonchev–Trinajstić information content (AvgIpc) is 2.39. The maximum atomic E-state index is 5.85. The summed E-state index contributed by atoms with van der Waals surface area (Å²) in [6.07, 6.45) is 1.79. The van der Waals surface area contributed by atoms with Crippen LogP contribution >= 0.6 is 23.4 Å². The van der Waals surface area contributed by atoms with E-state index in [4.69, 9.17) is 17.3 Å². The molecule has 0 fully saturated rings. The predicted molar refractivity (Wildman–Crippen MR) is 73.3 cm³/mol. The zero-order valence-electron chi connectivity index (χ0n) is 9.21. The molecule has 0 bridgehead atoms. The van der Waals surface area contributed by atoms with Crippen LogP contribution < -0.4 is 5.73 Å². The van der Waals surface area contributed by atoms with Crippen LogP contribution in [-0.2, 0) is 0 Å². The van der Waals surface area contributed by atoms with Gasteiger partial charge in [0, 0.05) is 22.7 Å². The van der Waals surface area contributed by atoms with Crippen molar-refractivity contribution in [3.05, 3.63) is 59.4 Å². The topological polar surface area (TPSA) is 38.9 Å². The third-order valence-electron chi connectivity index (χ3n) is 2.32. The van der Waals surface area contributed by atoms with E-state index >= 15 is 0 Å². The van der Waals surface area contributed by atoms with Crippen LogP contribution in [0.25, 0.3) is 0 Å². The Kier molecular flexibility index (Phi) is 4.42. The van der Waals surface area contributed by atoms with E-state index in [-0.39, 0.29) is 5.25 Å². The summed E-state index contributed by atoms with van der Waals surface area (Å²) in [6.45, 7) is 0.560. The van der Waals surface area contributed by atoms with Crippen molar-refractivity contribution in [3.8, 4) is 0 Å². The maximum absolute atomic E-state index is 5.85. The third kappa shape index (κ3) is 3.46. The Morgan fingerprint density at radius 1 is 1.18 bits per heavy atom. The zero-order chi connectivity index (χ0) is 12.1. The summed E-state index contributed by atoms with van der Waals surface area (Å²) in [5, 5.41) is 0.925. The fourth-order valence-electron chi connectivity index (χ4n) is 1.47. The number of benzene rings is 1. The van der Waals surface area contributed by atoms with Crippen LogP contribution in [0.2, 0.25) is 5.02 Å². The Morgan fingerprint density at radius 2 is 1.94 bits per heavy atom. The van der Waals surface area contributed by atoms with Crippen LogP contribution in [0.4, 0.5) is 0 Å². The molecular formula is C13H13ClN2S. The molecule has 0 aliphatic carbocycles. The second-order valence-corrected chi connectivity index (χ2v) is 5.26. The number of halogens is 1. The number of nitrogens with two attached hydrogens (primary N) is 1. The van der Waals surface area contributed by atoms with Gasteiger partial charge in [-0.1, -0.05) is 17.7 Å². The molecule has 0 saturated heterocycles. The molecule has 1 aromatic heterocycles. The lowest BCUT2D eigenvalue weighted by Crippen LogP contribution is -2.10. The van der Waals surface area contributed by atoms with Gasteiger partial charge in [-0.15, -0.1) is 11.8 Å². The molecule has 0 amide bonds. The largest absolute Gasteiger partial charge is 0.329 e. The van der Waals surface area contributed by atoms with E-state index in [2.05, 4.69) is 4.98 Å². The average molecular weight is 265 g/mol. The van der Waals surface area contributed by atoms with Gasteiger partial charge >= 0.3 is 0 Å². The van der Waals surface area contributed by atoms with E-state index in [1.807, 2.05) is 42.5 Å². The van der Waals surface area contributed by atoms with Gasteiger partial charge in [0.15, 0.2) is 0 Å².